The van der Waals surface area contributed by atoms with Crippen LogP contribution in [-0.2, 0) is 9.84 Å². The Morgan fingerprint density at radius 1 is 1.64 bits per heavy atom. The second kappa shape index (κ2) is 4.81. The lowest BCUT2D eigenvalue weighted by molar-refractivity contribution is 0.547. The molecule has 0 aromatic carbocycles. The third-order valence-corrected chi connectivity index (χ3v) is 3.36. The summed E-state index contributed by atoms with van der Waals surface area (Å²) >= 11 is 1.27. The summed E-state index contributed by atoms with van der Waals surface area (Å²) in [6.45, 7) is 0. The van der Waals surface area contributed by atoms with Crippen molar-refractivity contribution in [2.75, 3.05) is 19.1 Å². The van der Waals surface area contributed by atoms with Gasteiger partial charge in [0, 0.05) is 11.6 Å². The van der Waals surface area contributed by atoms with Crippen molar-refractivity contribution in [3.05, 3.63) is 11.1 Å². The van der Waals surface area contributed by atoms with Crippen molar-refractivity contribution in [2.45, 2.75) is 12.5 Å². The minimum atomic E-state index is -2.91. The maximum absolute atomic E-state index is 11.0. The molecule has 80 valence electrons. The van der Waals surface area contributed by atoms with E-state index in [1.807, 2.05) is 5.38 Å². The van der Waals surface area contributed by atoms with Crippen molar-refractivity contribution in [3.63, 3.8) is 0 Å². The summed E-state index contributed by atoms with van der Waals surface area (Å²) in [7, 11) is -1.12. The molecule has 7 heteroatoms. The number of sulfone groups is 1. The van der Waals surface area contributed by atoms with E-state index >= 15 is 0 Å². The highest BCUT2D eigenvalue weighted by Gasteiger charge is 2.14. The lowest BCUT2D eigenvalue weighted by atomic mass is 10.2. The molecule has 0 aliphatic carbocycles. The van der Waals surface area contributed by atoms with Gasteiger partial charge in [0.05, 0.1) is 17.5 Å². The molecule has 0 spiro atoms. The number of nitrogens with zero attached hydrogens (tertiary/aromatic N) is 2. The van der Waals surface area contributed by atoms with Gasteiger partial charge in [-0.1, -0.05) is 4.49 Å². The summed E-state index contributed by atoms with van der Waals surface area (Å²) in [5.41, 5.74) is 0.807. The highest BCUT2D eigenvalue weighted by molar-refractivity contribution is 7.90. The Labute approximate surface area is 87.6 Å². The van der Waals surface area contributed by atoms with Crippen LogP contribution in [0, 0.1) is 0 Å². The molecule has 0 saturated carbocycles. The van der Waals surface area contributed by atoms with Gasteiger partial charge in [-0.15, -0.1) is 5.10 Å². The molecule has 1 heterocycles. The van der Waals surface area contributed by atoms with E-state index in [1.54, 1.807) is 7.05 Å². The first-order valence-corrected chi connectivity index (χ1v) is 7.04. The first kappa shape index (κ1) is 11.5. The fourth-order valence-corrected chi connectivity index (χ4v) is 2.27. The van der Waals surface area contributed by atoms with Crippen molar-refractivity contribution in [2.24, 2.45) is 0 Å². The van der Waals surface area contributed by atoms with Crippen molar-refractivity contribution in [1.82, 2.24) is 14.9 Å². The van der Waals surface area contributed by atoms with Crippen LogP contribution in [0.1, 0.15) is 18.2 Å². The summed E-state index contributed by atoms with van der Waals surface area (Å²) in [6.07, 6.45) is 1.76. The Balaban J connectivity index is 2.57. The largest absolute Gasteiger partial charge is 0.312 e. The van der Waals surface area contributed by atoms with Crippen LogP contribution in [0.2, 0.25) is 0 Å². The molecule has 1 unspecified atom stereocenters. The first-order chi connectivity index (χ1) is 6.53. The fraction of sp³-hybridized carbons (Fsp3) is 0.714. The monoisotopic (exact) mass is 235 g/mol. The summed E-state index contributed by atoms with van der Waals surface area (Å²) in [5, 5.41) is 8.74. The summed E-state index contributed by atoms with van der Waals surface area (Å²) in [4.78, 5) is 0. The zero-order valence-corrected chi connectivity index (χ0v) is 9.73. The Morgan fingerprint density at radius 2 is 2.36 bits per heavy atom. The topological polar surface area (TPSA) is 72.0 Å². The van der Waals surface area contributed by atoms with E-state index in [0.29, 0.717) is 6.42 Å². The van der Waals surface area contributed by atoms with Crippen LogP contribution in [0.5, 0.6) is 0 Å². The van der Waals surface area contributed by atoms with Gasteiger partial charge in [0.2, 0.25) is 0 Å². The molecular weight excluding hydrogens is 222 g/mol. The molecule has 0 amide bonds. The van der Waals surface area contributed by atoms with Crippen molar-refractivity contribution in [1.29, 1.82) is 0 Å². The predicted octanol–water partition coefficient (Wildman–Crippen LogP) is 0.233. The molecule has 5 nitrogen and oxygen atoms in total. The van der Waals surface area contributed by atoms with E-state index in [0.717, 1.165) is 5.69 Å². The first-order valence-electron chi connectivity index (χ1n) is 4.15. The van der Waals surface area contributed by atoms with Crippen LogP contribution < -0.4 is 5.32 Å². The van der Waals surface area contributed by atoms with Crippen LogP contribution >= 0.6 is 11.5 Å². The quantitative estimate of drug-likeness (QED) is 0.791. The Morgan fingerprint density at radius 3 is 2.79 bits per heavy atom. The maximum Gasteiger partial charge on any atom is 0.147 e. The molecule has 0 radical (unpaired) electrons. The van der Waals surface area contributed by atoms with Crippen LogP contribution in [-0.4, -0.2) is 37.1 Å². The second-order valence-corrected chi connectivity index (χ2v) is 5.96. The Kier molecular flexibility index (Phi) is 3.97. The van der Waals surface area contributed by atoms with Crippen LogP contribution in [0.3, 0.4) is 0 Å². The van der Waals surface area contributed by atoms with Crippen molar-refractivity contribution in [3.8, 4) is 0 Å². The normalized spacial score (nSPS) is 14.1. The van der Waals surface area contributed by atoms with Crippen molar-refractivity contribution >= 4 is 21.4 Å². The van der Waals surface area contributed by atoms with Gasteiger partial charge in [-0.3, -0.25) is 0 Å². The van der Waals surface area contributed by atoms with Crippen molar-refractivity contribution < 1.29 is 8.42 Å². The number of aromatic nitrogens is 2. The maximum atomic E-state index is 11.0. The highest BCUT2D eigenvalue weighted by Crippen LogP contribution is 2.15. The van der Waals surface area contributed by atoms with E-state index in [-0.39, 0.29) is 11.8 Å². The number of hydrogen-bond donors (Lipinski definition) is 1. The number of nitrogens with one attached hydrogen (secondary N) is 1. The van der Waals surface area contributed by atoms with Gasteiger partial charge >= 0.3 is 0 Å². The third-order valence-electron chi connectivity index (χ3n) is 1.86. The Bertz CT molecular complexity index is 360. The van der Waals surface area contributed by atoms with Crippen LogP contribution in [0.25, 0.3) is 0 Å². The molecule has 1 rings (SSSR count). The summed E-state index contributed by atoms with van der Waals surface area (Å²) < 4.78 is 25.7. The average molecular weight is 235 g/mol. The van der Waals surface area contributed by atoms with Gasteiger partial charge in [-0.25, -0.2) is 8.42 Å². The van der Waals surface area contributed by atoms with E-state index in [1.165, 1.54) is 17.8 Å². The minimum Gasteiger partial charge on any atom is -0.312 e. The molecule has 0 aliphatic heterocycles. The molecule has 1 aromatic rings. The molecule has 1 aromatic heterocycles. The molecule has 1 atom stereocenters. The molecule has 0 saturated heterocycles. The number of hydrogen-bond acceptors (Lipinski definition) is 6. The lowest BCUT2D eigenvalue weighted by Crippen LogP contribution is -2.20. The van der Waals surface area contributed by atoms with Gasteiger partial charge < -0.3 is 5.32 Å². The summed E-state index contributed by atoms with van der Waals surface area (Å²) in [5.74, 6) is 0.163. The number of rotatable bonds is 5. The fourth-order valence-electron chi connectivity index (χ4n) is 1.10. The molecule has 0 aliphatic rings. The van der Waals surface area contributed by atoms with Gasteiger partial charge in [0.15, 0.2) is 0 Å². The average Bonchev–Trinajstić information content (AvgIpc) is 2.56. The molecule has 14 heavy (non-hydrogen) atoms. The van der Waals surface area contributed by atoms with Crippen LogP contribution in [0.15, 0.2) is 5.38 Å². The molecule has 0 fully saturated rings. The Hall–Kier alpha value is -0.530. The zero-order valence-electron chi connectivity index (χ0n) is 8.10. The van der Waals surface area contributed by atoms with E-state index < -0.39 is 9.84 Å². The van der Waals surface area contributed by atoms with Gasteiger partial charge in [0.25, 0.3) is 0 Å². The minimum absolute atomic E-state index is 0.0246. The summed E-state index contributed by atoms with van der Waals surface area (Å²) in [6, 6.07) is -0.0246. The van der Waals surface area contributed by atoms with E-state index in [4.69, 9.17) is 0 Å². The van der Waals surface area contributed by atoms with E-state index in [2.05, 4.69) is 14.9 Å². The third kappa shape index (κ3) is 3.69. The van der Waals surface area contributed by atoms with Gasteiger partial charge in [-0.2, -0.15) is 0 Å². The molecule has 0 bridgehead atoms. The smallest absolute Gasteiger partial charge is 0.147 e. The molecule has 1 N–H and O–H groups in total. The highest BCUT2D eigenvalue weighted by atomic mass is 32.2. The molecular formula is C7H13N3O2S2. The zero-order chi connectivity index (χ0) is 10.6. The van der Waals surface area contributed by atoms with E-state index in [9.17, 15) is 8.42 Å². The lowest BCUT2D eigenvalue weighted by Gasteiger charge is -2.11. The van der Waals surface area contributed by atoms with Crippen LogP contribution in [0.4, 0.5) is 0 Å². The predicted molar refractivity (Wildman–Crippen MR) is 56.0 cm³/mol. The standard InChI is InChI=1S/C7H13N3O2S2/c1-8-6(3-4-14(2,11)12)7-5-13-10-9-7/h5-6,8H,3-4H2,1-2H3. The SMILES string of the molecule is CNC(CCS(C)(=O)=O)c1csnn1. The van der Waals surface area contributed by atoms with Gasteiger partial charge in [0.1, 0.15) is 9.84 Å². The second-order valence-electron chi connectivity index (χ2n) is 3.09. The van der Waals surface area contributed by atoms with Gasteiger partial charge in [-0.05, 0) is 25.0 Å².